The summed E-state index contributed by atoms with van der Waals surface area (Å²) in [6.45, 7) is 0.453. The van der Waals surface area contributed by atoms with Gasteiger partial charge in [-0.1, -0.05) is 0 Å². The van der Waals surface area contributed by atoms with Crippen LogP contribution in [0, 0.1) is 0 Å². The number of nitrogens with two attached hydrogens (primary N) is 1. The number of esters is 1. The molecule has 16 heavy (non-hydrogen) atoms. The van der Waals surface area contributed by atoms with Crippen molar-refractivity contribution >= 4 is 5.97 Å². The Morgan fingerprint density at radius 3 is 3.12 bits per heavy atom. The van der Waals surface area contributed by atoms with E-state index in [0.717, 1.165) is 18.5 Å². The number of methoxy groups -OCH3 is 1. The van der Waals surface area contributed by atoms with Crippen LogP contribution in [0.15, 0.2) is 6.33 Å². The number of carbonyl (C=O) groups is 1. The Morgan fingerprint density at radius 1 is 1.62 bits per heavy atom. The van der Waals surface area contributed by atoms with Gasteiger partial charge in [-0.15, -0.1) is 0 Å². The molecule has 5 nitrogen and oxygen atoms in total. The van der Waals surface area contributed by atoms with Crippen LogP contribution in [-0.4, -0.2) is 28.7 Å². The number of fused-ring (bicyclic) bond motifs is 1. The minimum Gasteiger partial charge on any atom is -0.468 e. The second kappa shape index (κ2) is 4.65. The molecular formula is C11H17N3O2. The lowest BCUT2D eigenvalue weighted by atomic mass is 10.0. The molecule has 0 aliphatic heterocycles. The molecule has 0 saturated carbocycles. The summed E-state index contributed by atoms with van der Waals surface area (Å²) in [5.74, 6) is -0.377. The summed E-state index contributed by atoms with van der Waals surface area (Å²) in [7, 11) is 1.35. The van der Waals surface area contributed by atoms with Gasteiger partial charge in [-0.3, -0.25) is 4.79 Å². The van der Waals surface area contributed by atoms with Crippen LogP contribution in [0.1, 0.15) is 24.2 Å². The van der Waals surface area contributed by atoms with Crippen molar-refractivity contribution in [1.29, 1.82) is 0 Å². The third-order valence-corrected chi connectivity index (χ3v) is 3.01. The molecule has 0 radical (unpaired) electrons. The average molecular weight is 223 g/mol. The van der Waals surface area contributed by atoms with E-state index < -0.39 is 6.04 Å². The maximum atomic E-state index is 11.2. The van der Waals surface area contributed by atoms with E-state index in [1.807, 2.05) is 4.57 Å². The number of hydrogen-bond donors (Lipinski definition) is 1. The van der Waals surface area contributed by atoms with Crippen LogP contribution in [0.25, 0.3) is 0 Å². The molecule has 0 aromatic carbocycles. The van der Waals surface area contributed by atoms with Crippen molar-refractivity contribution in [3.8, 4) is 0 Å². The maximum absolute atomic E-state index is 11.2. The second-order valence-corrected chi connectivity index (χ2v) is 4.13. The highest BCUT2D eigenvalue weighted by Gasteiger charge is 2.19. The number of hydrogen-bond acceptors (Lipinski definition) is 4. The van der Waals surface area contributed by atoms with Crippen LogP contribution < -0.4 is 5.73 Å². The van der Waals surface area contributed by atoms with Crippen molar-refractivity contribution in [3.05, 3.63) is 17.7 Å². The predicted molar refractivity (Wildman–Crippen MR) is 58.9 cm³/mol. The second-order valence-electron chi connectivity index (χ2n) is 4.13. The van der Waals surface area contributed by atoms with E-state index in [4.69, 9.17) is 5.73 Å². The molecule has 0 spiro atoms. The zero-order valence-electron chi connectivity index (χ0n) is 9.48. The fraction of sp³-hybridized carbons (Fsp3) is 0.636. The van der Waals surface area contributed by atoms with Crippen molar-refractivity contribution in [1.82, 2.24) is 9.55 Å². The van der Waals surface area contributed by atoms with Crippen molar-refractivity contribution < 1.29 is 9.53 Å². The third-order valence-electron chi connectivity index (χ3n) is 3.01. The van der Waals surface area contributed by atoms with Crippen molar-refractivity contribution in [2.24, 2.45) is 5.73 Å². The number of imidazole rings is 1. The minimum absolute atomic E-state index is 0.377. The zero-order chi connectivity index (χ0) is 11.5. The molecule has 1 aromatic heterocycles. The van der Waals surface area contributed by atoms with Crippen LogP contribution in [-0.2, 0) is 28.9 Å². The molecule has 88 valence electrons. The number of aromatic nitrogens is 2. The van der Waals surface area contributed by atoms with E-state index in [1.54, 1.807) is 6.33 Å². The molecule has 1 aliphatic rings. The van der Waals surface area contributed by atoms with E-state index in [2.05, 4.69) is 9.72 Å². The van der Waals surface area contributed by atoms with Gasteiger partial charge in [-0.05, 0) is 25.7 Å². The molecule has 1 atom stereocenters. The smallest absolute Gasteiger partial charge is 0.324 e. The SMILES string of the molecule is COC(=O)C(N)Cn1cnc2c1CCCC2. The van der Waals surface area contributed by atoms with E-state index in [-0.39, 0.29) is 5.97 Å². The minimum atomic E-state index is -0.606. The number of aryl methyl sites for hydroxylation is 1. The summed E-state index contributed by atoms with van der Waals surface area (Å²) in [5.41, 5.74) is 8.11. The summed E-state index contributed by atoms with van der Waals surface area (Å²) in [5, 5.41) is 0. The van der Waals surface area contributed by atoms with Gasteiger partial charge >= 0.3 is 5.97 Å². The van der Waals surface area contributed by atoms with Crippen LogP contribution in [0.2, 0.25) is 0 Å². The highest BCUT2D eigenvalue weighted by molar-refractivity contribution is 5.75. The van der Waals surface area contributed by atoms with Crippen molar-refractivity contribution in [2.45, 2.75) is 38.3 Å². The maximum Gasteiger partial charge on any atom is 0.324 e. The van der Waals surface area contributed by atoms with E-state index in [0.29, 0.717) is 6.54 Å². The average Bonchev–Trinajstić information content (AvgIpc) is 2.72. The van der Waals surface area contributed by atoms with Crippen LogP contribution in [0.4, 0.5) is 0 Å². The topological polar surface area (TPSA) is 70.1 Å². The first-order chi connectivity index (χ1) is 7.72. The van der Waals surface area contributed by atoms with Crippen molar-refractivity contribution in [2.75, 3.05) is 7.11 Å². The van der Waals surface area contributed by atoms with Crippen molar-refractivity contribution in [3.63, 3.8) is 0 Å². The molecule has 0 bridgehead atoms. The summed E-state index contributed by atoms with van der Waals surface area (Å²) < 4.78 is 6.59. The lowest BCUT2D eigenvalue weighted by Crippen LogP contribution is -2.36. The summed E-state index contributed by atoms with van der Waals surface area (Å²) in [6, 6.07) is -0.606. The molecule has 1 aliphatic carbocycles. The number of rotatable bonds is 3. The standard InChI is InChI=1S/C11H17N3O2/c1-16-11(15)8(12)6-14-7-13-9-4-2-3-5-10(9)14/h7-8H,2-6,12H2,1H3. The monoisotopic (exact) mass is 223 g/mol. The molecule has 2 rings (SSSR count). The molecule has 1 heterocycles. The first-order valence-electron chi connectivity index (χ1n) is 5.58. The van der Waals surface area contributed by atoms with Gasteiger partial charge < -0.3 is 15.0 Å². The van der Waals surface area contributed by atoms with Gasteiger partial charge in [0.15, 0.2) is 0 Å². The normalized spacial score (nSPS) is 16.6. The van der Waals surface area contributed by atoms with Crippen LogP contribution in [0.5, 0.6) is 0 Å². The van der Waals surface area contributed by atoms with Crippen LogP contribution >= 0.6 is 0 Å². The Balaban J connectivity index is 2.10. The van der Waals surface area contributed by atoms with E-state index in [9.17, 15) is 4.79 Å². The lowest BCUT2D eigenvalue weighted by Gasteiger charge is -2.16. The Bertz CT molecular complexity index is 387. The van der Waals surface area contributed by atoms with Gasteiger partial charge in [-0.25, -0.2) is 4.98 Å². The first kappa shape index (κ1) is 11.1. The quantitative estimate of drug-likeness (QED) is 0.746. The molecule has 1 aromatic rings. The number of ether oxygens (including phenoxy) is 1. The highest BCUT2D eigenvalue weighted by Crippen LogP contribution is 2.19. The Hall–Kier alpha value is -1.36. The summed E-state index contributed by atoms with van der Waals surface area (Å²) in [4.78, 5) is 15.6. The van der Waals surface area contributed by atoms with E-state index >= 15 is 0 Å². The Morgan fingerprint density at radius 2 is 2.38 bits per heavy atom. The fourth-order valence-corrected chi connectivity index (χ4v) is 2.13. The molecule has 5 heteroatoms. The van der Waals surface area contributed by atoms with Gasteiger partial charge in [0.05, 0.1) is 19.1 Å². The zero-order valence-corrected chi connectivity index (χ0v) is 9.48. The van der Waals surface area contributed by atoms with Gasteiger partial charge in [0.25, 0.3) is 0 Å². The predicted octanol–water partition coefficient (Wildman–Crippen LogP) is 0.262. The molecule has 0 fully saturated rings. The molecule has 0 amide bonds. The van der Waals surface area contributed by atoms with Gasteiger partial charge in [-0.2, -0.15) is 0 Å². The Kier molecular flexibility index (Phi) is 3.24. The molecule has 1 unspecified atom stereocenters. The third kappa shape index (κ3) is 2.09. The lowest BCUT2D eigenvalue weighted by molar-refractivity contribution is -0.142. The van der Waals surface area contributed by atoms with Gasteiger partial charge in [0, 0.05) is 12.2 Å². The highest BCUT2D eigenvalue weighted by atomic mass is 16.5. The molecule has 0 saturated heterocycles. The fourth-order valence-electron chi connectivity index (χ4n) is 2.13. The number of nitrogens with zero attached hydrogens (tertiary/aromatic N) is 2. The van der Waals surface area contributed by atoms with Gasteiger partial charge in [0.2, 0.25) is 0 Å². The summed E-state index contributed by atoms with van der Waals surface area (Å²) >= 11 is 0. The van der Waals surface area contributed by atoms with Gasteiger partial charge in [0.1, 0.15) is 6.04 Å². The summed E-state index contributed by atoms with van der Waals surface area (Å²) in [6.07, 6.45) is 6.23. The molecule has 2 N–H and O–H groups in total. The Labute approximate surface area is 94.6 Å². The number of carbonyl (C=O) groups excluding carboxylic acids is 1. The van der Waals surface area contributed by atoms with E-state index in [1.165, 1.54) is 25.6 Å². The first-order valence-corrected chi connectivity index (χ1v) is 5.58. The van der Waals surface area contributed by atoms with Crippen LogP contribution in [0.3, 0.4) is 0 Å². The largest absolute Gasteiger partial charge is 0.468 e. The molecular weight excluding hydrogens is 206 g/mol.